The van der Waals surface area contributed by atoms with Gasteiger partial charge in [-0.15, -0.1) is 11.3 Å². The number of rotatable bonds is 4. The van der Waals surface area contributed by atoms with Crippen LogP contribution in [0.25, 0.3) is 11.3 Å². The summed E-state index contributed by atoms with van der Waals surface area (Å²) in [5, 5.41) is 5.94. The Bertz CT molecular complexity index is 870. The van der Waals surface area contributed by atoms with Crippen LogP contribution in [0.2, 0.25) is 0 Å². The van der Waals surface area contributed by atoms with Gasteiger partial charge in [0.25, 0.3) is 0 Å². The van der Waals surface area contributed by atoms with E-state index in [1.165, 1.54) is 60.8 Å². The van der Waals surface area contributed by atoms with Gasteiger partial charge in [0.1, 0.15) is 0 Å². The largest absolute Gasteiger partial charge is 0.302 e. The van der Waals surface area contributed by atoms with Crippen LogP contribution in [0.5, 0.6) is 0 Å². The van der Waals surface area contributed by atoms with Crippen LogP contribution in [0.1, 0.15) is 61.6 Å². The van der Waals surface area contributed by atoms with Crippen LogP contribution in [0.15, 0.2) is 17.5 Å². The number of thiazole rings is 1. The van der Waals surface area contributed by atoms with E-state index in [1.54, 1.807) is 11.3 Å². The van der Waals surface area contributed by atoms with Crippen LogP contribution in [0.4, 0.5) is 5.13 Å². The molecule has 3 nitrogen and oxygen atoms in total. The Hall–Kier alpha value is -1.68. The number of aromatic nitrogens is 1. The molecule has 0 spiro atoms. The van der Waals surface area contributed by atoms with Gasteiger partial charge in [-0.1, -0.05) is 17.7 Å². The maximum atomic E-state index is 12.9. The van der Waals surface area contributed by atoms with Crippen molar-refractivity contribution in [3.8, 4) is 11.3 Å². The highest BCUT2D eigenvalue weighted by Crippen LogP contribution is 2.61. The van der Waals surface area contributed by atoms with Crippen molar-refractivity contribution in [1.82, 2.24) is 4.98 Å². The Morgan fingerprint density at radius 1 is 1.07 bits per heavy atom. The number of carbonyl (C=O) groups is 1. The first-order valence-electron chi connectivity index (χ1n) is 10.7. The third kappa shape index (κ3) is 3.30. The minimum absolute atomic E-state index is 0.167. The highest BCUT2D eigenvalue weighted by atomic mass is 32.1. The number of hydrogen-bond donors (Lipinski definition) is 1. The Morgan fingerprint density at radius 2 is 1.64 bits per heavy atom. The average molecular weight is 395 g/mol. The van der Waals surface area contributed by atoms with E-state index in [0.29, 0.717) is 6.42 Å². The lowest BCUT2D eigenvalue weighted by Crippen LogP contribution is -2.47. The fourth-order valence-electron chi connectivity index (χ4n) is 7.04. The molecule has 4 fully saturated rings. The zero-order valence-corrected chi connectivity index (χ0v) is 18.0. The number of benzene rings is 1. The standard InChI is InChI=1S/C24H30N2OS/c1-14-4-15(2)22(16(3)5-14)20-13-28-23(25-20)26-21(27)12-24-9-17-6-18(10-24)8-19(7-17)11-24/h4-5,13,17-19H,6-12H2,1-3H3,(H,25,26,27). The molecular weight excluding hydrogens is 364 g/mol. The Kier molecular flexibility index (Phi) is 4.38. The van der Waals surface area contributed by atoms with Crippen molar-refractivity contribution >= 4 is 22.4 Å². The van der Waals surface area contributed by atoms with Gasteiger partial charge in [-0.3, -0.25) is 4.79 Å². The molecule has 1 N–H and O–H groups in total. The van der Waals surface area contributed by atoms with Crippen molar-refractivity contribution in [2.24, 2.45) is 23.2 Å². The van der Waals surface area contributed by atoms with E-state index in [2.05, 4.69) is 43.6 Å². The second-order valence-corrected chi connectivity index (χ2v) is 10.8. The predicted molar refractivity (Wildman–Crippen MR) is 116 cm³/mol. The lowest BCUT2D eigenvalue weighted by Gasteiger charge is -2.56. The minimum Gasteiger partial charge on any atom is -0.302 e. The van der Waals surface area contributed by atoms with E-state index in [1.807, 2.05) is 0 Å². The SMILES string of the molecule is Cc1cc(C)c(-c2csc(NC(=O)CC34CC5CC(CC(C5)C3)C4)n2)c(C)c1. The molecule has 6 rings (SSSR count). The summed E-state index contributed by atoms with van der Waals surface area (Å²) in [6, 6.07) is 4.40. The lowest BCUT2D eigenvalue weighted by molar-refractivity contribution is -0.124. The molecule has 4 aliphatic carbocycles. The summed E-state index contributed by atoms with van der Waals surface area (Å²) in [6.07, 6.45) is 8.78. The van der Waals surface area contributed by atoms with Gasteiger partial charge in [0.2, 0.25) is 5.91 Å². The summed E-state index contributed by atoms with van der Waals surface area (Å²) >= 11 is 1.54. The van der Waals surface area contributed by atoms with Crippen molar-refractivity contribution in [1.29, 1.82) is 0 Å². The number of hydrogen-bond acceptors (Lipinski definition) is 3. The maximum absolute atomic E-state index is 12.9. The molecule has 4 saturated carbocycles. The van der Waals surface area contributed by atoms with Crippen molar-refractivity contribution in [2.75, 3.05) is 5.32 Å². The first-order chi connectivity index (χ1) is 13.4. The second kappa shape index (κ2) is 6.69. The van der Waals surface area contributed by atoms with E-state index < -0.39 is 0 Å². The van der Waals surface area contributed by atoms with Gasteiger partial charge < -0.3 is 5.32 Å². The number of amides is 1. The Labute approximate surface area is 172 Å². The first kappa shape index (κ1) is 18.4. The molecule has 0 atom stereocenters. The van der Waals surface area contributed by atoms with E-state index >= 15 is 0 Å². The average Bonchev–Trinajstić information content (AvgIpc) is 2.99. The summed E-state index contributed by atoms with van der Waals surface area (Å²) in [5.74, 6) is 2.83. The normalized spacial score (nSPS) is 30.6. The van der Waals surface area contributed by atoms with Crippen LogP contribution < -0.4 is 5.32 Å². The van der Waals surface area contributed by atoms with Gasteiger partial charge in [0.05, 0.1) is 5.69 Å². The fourth-order valence-corrected chi connectivity index (χ4v) is 7.76. The third-order valence-electron chi connectivity index (χ3n) is 7.38. The topological polar surface area (TPSA) is 42.0 Å². The summed E-state index contributed by atoms with van der Waals surface area (Å²) in [4.78, 5) is 17.6. The quantitative estimate of drug-likeness (QED) is 0.663. The van der Waals surface area contributed by atoms with Gasteiger partial charge in [-0.2, -0.15) is 0 Å². The number of nitrogens with zero attached hydrogens (tertiary/aromatic N) is 1. The molecule has 1 heterocycles. The van der Waals surface area contributed by atoms with Gasteiger partial charge in [0.15, 0.2) is 5.13 Å². The fraction of sp³-hybridized carbons (Fsp3) is 0.583. The van der Waals surface area contributed by atoms with Gasteiger partial charge in [-0.25, -0.2) is 4.98 Å². The van der Waals surface area contributed by atoms with Crippen LogP contribution in [-0.4, -0.2) is 10.9 Å². The van der Waals surface area contributed by atoms with E-state index in [9.17, 15) is 4.79 Å². The molecule has 148 valence electrons. The van der Waals surface area contributed by atoms with Crippen LogP contribution in [-0.2, 0) is 4.79 Å². The molecule has 2 aromatic rings. The predicted octanol–water partition coefficient (Wildman–Crippen LogP) is 6.28. The third-order valence-corrected chi connectivity index (χ3v) is 8.14. The zero-order chi connectivity index (χ0) is 19.5. The second-order valence-electron chi connectivity index (χ2n) is 9.95. The molecular formula is C24H30N2OS. The Morgan fingerprint density at radius 3 is 2.21 bits per heavy atom. The van der Waals surface area contributed by atoms with Crippen LogP contribution in [0, 0.1) is 43.9 Å². The first-order valence-corrected chi connectivity index (χ1v) is 11.6. The Balaban J connectivity index is 1.30. The molecule has 4 bridgehead atoms. The number of nitrogens with one attached hydrogen (secondary N) is 1. The molecule has 1 aromatic carbocycles. The van der Waals surface area contributed by atoms with Gasteiger partial charge >= 0.3 is 0 Å². The smallest absolute Gasteiger partial charge is 0.226 e. The molecule has 0 radical (unpaired) electrons. The molecule has 0 saturated heterocycles. The van der Waals surface area contributed by atoms with Gasteiger partial charge in [-0.05, 0) is 93.6 Å². The molecule has 0 unspecified atom stereocenters. The number of aryl methyl sites for hydroxylation is 3. The summed E-state index contributed by atoms with van der Waals surface area (Å²) in [5.41, 5.74) is 6.22. The summed E-state index contributed by atoms with van der Waals surface area (Å²) < 4.78 is 0. The van der Waals surface area contributed by atoms with Gasteiger partial charge in [0, 0.05) is 17.4 Å². The molecule has 4 aliphatic rings. The highest BCUT2D eigenvalue weighted by molar-refractivity contribution is 7.14. The van der Waals surface area contributed by atoms with Crippen LogP contribution >= 0.6 is 11.3 Å². The minimum atomic E-state index is 0.167. The van der Waals surface area contributed by atoms with E-state index in [0.717, 1.165) is 28.6 Å². The maximum Gasteiger partial charge on any atom is 0.226 e. The summed E-state index contributed by atoms with van der Waals surface area (Å²) in [6.45, 7) is 6.40. The lowest BCUT2D eigenvalue weighted by atomic mass is 9.49. The monoisotopic (exact) mass is 394 g/mol. The molecule has 28 heavy (non-hydrogen) atoms. The van der Waals surface area contributed by atoms with Crippen molar-refractivity contribution in [3.05, 3.63) is 34.2 Å². The summed E-state index contributed by atoms with van der Waals surface area (Å²) in [7, 11) is 0. The number of anilines is 1. The van der Waals surface area contributed by atoms with Crippen molar-refractivity contribution < 1.29 is 4.79 Å². The van der Waals surface area contributed by atoms with Crippen LogP contribution in [0.3, 0.4) is 0 Å². The molecule has 1 amide bonds. The molecule has 1 aromatic heterocycles. The zero-order valence-electron chi connectivity index (χ0n) is 17.2. The highest BCUT2D eigenvalue weighted by Gasteiger charge is 2.51. The van der Waals surface area contributed by atoms with Crippen molar-refractivity contribution in [2.45, 2.75) is 65.7 Å². The van der Waals surface area contributed by atoms with E-state index in [4.69, 9.17) is 4.98 Å². The molecule has 4 heteroatoms. The van der Waals surface area contributed by atoms with Crippen molar-refractivity contribution in [3.63, 3.8) is 0 Å². The van der Waals surface area contributed by atoms with E-state index in [-0.39, 0.29) is 11.3 Å². The number of carbonyl (C=O) groups excluding carboxylic acids is 1. The molecule has 0 aliphatic heterocycles.